The van der Waals surface area contributed by atoms with Crippen molar-refractivity contribution in [1.29, 1.82) is 0 Å². The number of rotatable bonds is 11. The molecule has 10 heteroatoms. The molecule has 2 amide bonds. The predicted octanol–water partition coefficient (Wildman–Crippen LogP) is 2.92. The molecule has 8 nitrogen and oxygen atoms in total. The van der Waals surface area contributed by atoms with Gasteiger partial charge in [0.25, 0.3) is 5.91 Å². The van der Waals surface area contributed by atoms with Gasteiger partial charge < -0.3 is 19.6 Å². The number of carbonyl (C=O) groups excluding carboxylic acids is 3. The van der Waals surface area contributed by atoms with Crippen LogP contribution >= 0.6 is 24.2 Å². The van der Waals surface area contributed by atoms with E-state index >= 15 is 0 Å². The highest BCUT2D eigenvalue weighted by atomic mass is 35.5. The molecule has 1 saturated heterocycles. The number of aliphatic hydroxyl groups excluding tert-OH is 1. The van der Waals surface area contributed by atoms with E-state index in [9.17, 15) is 19.5 Å². The van der Waals surface area contributed by atoms with E-state index in [1.54, 1.807) is 24.3 Å². The molecule has 1 aliphatic rings. The highest BCUT2D eigenvalue weighted by Crippen LogP contribution is 2.21. The number of aliphatic hydroxyl groups is 1. The molecule has 0 saturated carbocycles. The van der Waals surface area contributed by atoms with Gasteiger partial charge in [0.1, 0.15) is 0 Å². The van der Waals surface area contributed by atoms with E-state index < -0.39 is 11.2 Å². The fourth-order valence-corrected chi connectivity index (χ4v) is 4.60. The summed E-state index contributed by atoms with van der Waals surface area (Å²) in [4.78, 5) is 43.0. The Hall–Kier alpha value is -2.59. The van der Waals surface area contributed by atoms with Crippen LogP contribution in [0.4, 0.5) is 5.69 Å². The van der Waals surface area contributed by atoms with E-state index in [1.807, 2.05) is 29.2 Å². The van der Waals surface area contributed by atoms with Crippen molar-refractivity contribution in [3.63, 3.8) is 0 Å². The minimum Gasteiger partial charge on any atom is -0.469 e. The van der Waals surface area contributed by atoms with Gasteiger partial charge >= 0.3 is 5.97 Å². The van der Waals surface area contributed by atoms with Crippen LogP contribution in [0.25, 0.3) is 0 Å². The quantitative estimate of drug-likeness (QED) is 0.332. The molecule has 0 radical (unpaired) electrons. The SMILES string of the molecule is COC(=O)CCC(S)C(=O)N(CCO)c1ccc(C(=O)N2CCN(CCc3ccc(Cl)cc3)CC2)cc1. The van der Waals surface area contributed by atoms with Crippen molar-refractivity contribution in [1.82, 2.24) is 9.80 Å². The van der Waals surface area contributed by atoms with Gasteiger partial charge in [-0.15, -0.1) is 0 Å². The molecule has 1 atom stereocenters. The fraction of sp³-hybridized carbons (Fsp3) is 0.444. The zero-order valence-electron chi connectivity index (χ0n) is 21.0. The number of nitrogens with zero attached hydrogens (tertiary/aromatic N) is 3. The lowest BCUT2D eigenvalue weighted by Crippen LogP contribution is -2.49. The van der Waals surface area contributed by atoms with Crippen molar-refractivity contribution in [2.75, 3.05) is 57.9 Å². The molecule has 37 heavy (non-hydrogen) atoms. The molecule has 200 valence electrons. The summed E-state index contributed by atoms with van der Waals surface area (Å²) in [6.45, 7) is 3.70. The van der Waals surface area contributed by atoms with Gasteiger partial charge in [-0.25, -0.2) is 0 Å². The zero-order valence-corrected chi connectivity index (χ0v) is 22.7. The number of piperazine rings is 1. The molecule has 0 aliphatic carbocycles. The van der Waals surface area contributed by atoms with Gasteiger partial charge in [-0.2, -0.15) is 12.6 Å². The predicted molar refractivity (Wildman–Crippen MR) is 147 cm³/mol. The number of ether oxygens (including phenoxy) is 1. The second-order valence-corrected chi connectivity index (χ2v) is 9.96. The van der Waals surface area contributed by atoms with Crippen LogP contribution in [-0.4, -0.2) is 90.9 Å². The third-order valence-electron chi connectivity index (χ3n) is 6.44. The minimum atomic E-state index is -0.719. The van der Waals surface area contributed by atoms with Crippen molar-refractivity contribution < 1.29 is 24.2 Å². The fourth-order valence-electron chi connectivity index (χ4n) is 4.21. The molecule has 1 aliphatic heterocycles. The van der Waals surface area contributed by atoms with Gasteiger partial charge in [0.05, 0.1) is 19.0 Å². The molecule has 1 heterocycles. The third kappa shape index (κ3) is 8.46. The Morgan fingerprint density at radius 2 is 1.70 bits per heavy atom. The van der Waals surface area contributed by atoms with Crippen LogP contribution in [0, 0.1) is 0 Å². The molecule has 1 N–H and O–H groups in total. The molecule has 3 rings (SSSR count). The minimum absolute atomic E-state index is 0.0471. The maximum Gasteiger partial charge on any atom is 0.305 e. The van der Waals surface area contributed by atoms with E-state index in [-0.39, 0.29) is 37.8 Å². The van der Waals surface area contributed by atoms with Gasteiger partial charge in [-0.05, 0) is 54.8 Å². The highest BCUT2D eigenvalue weighted by Gasteiger charge is 2.25. The van der Waals surface area contributed by atoms with Crippen LogP contribution in [0.5, 0.6) is 0 Å². The smallest absolute Gasteiger partial charge is 0.305 e. The summed E-state index contributed by atoms with van der Waals surface area (Å²) in [7, 11) is 1.29. The lowest BCUT2D eigenvalue weighted by Gasteiger charge is -2.35. The first-order chi connectivity index (χ1) is 17.8. The zero-order chi connectivity index (χ0) is 26.8. The van der Waals surface area contributed by atoms with E-state index in [2.05, 4.69) is 22.3 Å². The topological polar surface area (TPSA) is 90.4 Å². The van der Waals surface area contributed by atoms with Crippen LogP contribution in [0.3, 0.4) is 0 Å². The number of methoxy groups -OCH3 is 1. The van der Waals surface area contributed by atoms with E-state index in [0.29, 0.717) is 24.3 Å². The summed E-state index contributed by atoms with van der Waals surface area (Å²) in [6, 6.07) is 14.7. The van der Waals surface area contributed by atoms with Gasteiger partial charge in [0.15, 0.2) is 0 Å². The second-order valence-electron chi connectivity index (χ2n) is 8.90. The largest absolute Gasteiger partial charge is 0.469 e. The summed E-state index contributed by atoms with van der Waals surface area (Å²) >= 11 is 10.3. The van der Waals surface area contributed by atoms with Gasteiger partial charge in [-0.1, -0.05) is 23.7 Å². The third-order valence-corrected chi connectivity index (χ3v) is 7.17. The number of hydrogen-bond acceptors (Lipinski definition) is 7. The maximum absolute atomic E-state index is 13.1. The molecule has 0 bridgehead atoms. The Morgan fingerprint density at radius 1 is 1.05 bits per heavy atom. The first kappa shape index (κ1) is 29.0. The number of amides is 2. The number of hydrogen-bond donors (Lipinski definition) is 2. The highest BCUT2D eigenvalue weighted by molar-refractivity contribution is 7.81. The molecular weight excluding hydrogens is 514 g/mol. The van der Waals surface area contributed by atoms with Gasteiger partial charge in [0, 0.05) is 62.0 Å². The van der Waals surface area contributed by atoms with Crippen molar-refractivity contribution in [3.8, 4) is 0 Å². The van der Waals surface area contributed by atoms with Crippen molar-refractivity contribution in [2.24, 2.45) is 0 Å². The first-order valence-electron chi connectivity index (χ1n) is 12.4. The Labute approximate surface area is 228 Å². The molecular formula is C27H34ClN3O5S. The van der Waals surface area contributed by atoms with Gasteiger partial charge in [0.2, 0.25) is 5.91 Å². The van der Waals surface area contributed by atoms with Crippen LogP contribution in [0.1, 0.15) is 28.8 Å². The van der Waals surface area contributed by atoms with Crippen molar-refractivity contribution in [3.05, 3.63) is 64.7 Å². The van der Waals surface area contributed by atoms with Crippen molar-refractivity contribution >= 4 is 47.7 Å². The second kappa shape index (κ2) is 14.4. The first-order valence-corrected chi connectivity index (χ1v) is 13.2. The van der Waals surface area contributed by atoms with E-state index in [4.69, 9.17) is 11.6 Å². The van der Waals surface area contributed by atoms with Crippen LogP contribution in [-0.2, 0) is 20.7 Å². The van der Waals surface area contributed by atoms with Crippen LogP contribution in [0.2, 0.25) is 5.02 Å². The molecule has 0 aromatic heterocycles. The Balaban J connectivity index is 1.53. The summed E-state index contributed by atoms with van der Waals surface area (Å²) in [5.74, 6) is -0.782. The van der Waals surface area contributed by atoms with Gasteiger partial charge in [-0.3, -0.25) is 19.3 Å². The number of halogens is 1. The summed E-state index contributed by atoms with van der Waals surface area (Å²) in [5.41, 5.74) is 2.34. The molecule has 1 fully saturated rings. The summed E-state index contributed by atoms with van der Waals surface area (Å²) < 4.78 is 4.62. The molecule has 2 aromatic rings. The molecule has 1 unspecified atom stereocenters. The average molecular weight is 548 g/mol. The average Bonchev–Trinajstić information content (AvgIpc) is 2.93. The van der Waals surface area contributed by atoms with E-state index in [0.717, 1.165) is 31.1 Å². The standard InChI is InChI=1S/C27H34ClN3O5S/c1-36-25(33)11-10-24(37)27(35)31(18-19-32)23-8-4-21(5-9-23)26(34)30-16-14-29(15-17-30)13-12-20-2-6-22(28)7-3-20/h2-9,24,32,37H,10-19H2,1H3. The number of esters is 1. The van der Waals surface area contributed by atoms with Crippen molar-refractivity contribution in [2.45, 2.75) is 24.5 Å². The summed E-state index contributed by atoms with van der Waals surface area (Å²) in [6.07, 6.45) is 1.23. The Morgan fingerprint density at radius 3 is 2.30 bits per heavy atom. The number of benzene rings is 2. The lowest BCUT2D eigenvalue weighted by molar-refractivity contribution is -0.140. The van der Waals surface area contributed by atoms with Crippen LogP contribution < -0.4 is 4.90 Å². The number of anilines is 1. The Bertz CT molecular complexity index is 1040. The maximum atomic E-state index is 13.1. The lowest BCUT2D eigenvalue weighted by atomic mass is 10.1. The Kier molecular flexibility index (Phi) is 11.3. The monoisotopic (exact) mass is 547 g/mol. The van der Waals surface area contributed by atoms with E-state index in [1.165, 1.54) is 17.6 Å². The molecule has 0 spiro atoms. The molecule has 2 aromatic carbocycles. The number of thiol groups is 1. The normalized spacial score (nSPS) is 14.8. The van der Waals surface area contributed by atoms with Crippen LogP contribution in [0.15, 0.2) is 48.5 Å². The number of carbonyl (C=O) groups is 3. The summed E-state index contributed by atoms with van der Waals surface area (Å²) in [5, 5.41) is 9.49.